The second kappa shape index (κ2) is 8.45. The van der Waals surface area contributed by atoms with Gasteiger partial charge in [0.25, 0.3) is 0 Å². The van der Waals surface area contributed by atoms with E-state index in [1.165, 1.54) is 0 Å². The van der Waals surface area contributed by atoms with Gasteiger partial charge in [-0.2, -0.15) is 0 Å². The van der Waals surface area contributed by atoms with E-state index in [2.05, 4.69) is 20.2 Å². The summed E-state index contributed by atoms with van der Waals surface area (Å²) in [4.78, 5) is 34.8. The lowest BCUT2D eigenvalue weighted by Crippen LogP contribution is -2.46. The van der Waals surface area contributed by atoms with E-state index in [-0.39, 0.29) is 24.6 Å². The second-order valence-electron chi connectivity index (χ2n) is 7.26. The number of benzene rings is 2. The summed E-state index contributed by atoms with van der Waals surface area (Å²) < 4.78 is 5.17. The van der Waals surface area contributed by atoms with Crippen LogP contribution >= 0.6 is 0 Å². The van der Waals surface area contributed by atoms with E-state index in [1.807, 2.05) is 61.5 Å². The molecule has 150 valence electrons. The molecule has 1 aromatic heterocycles. The molecule has 7 heteroatoms. The second-order valence-corrected chi connectivity index (χ2v) is 7.26. The topological polar surface area (TPSA) is 87.3 Å². The number of amides is 2. The van der Waals surface area contributed by atoms with E-state index >= 15 is 0 Å². The monoisotopic (exact) mass is 392 g/mol. The maximum atomic E-state index is 12.7. The number of nitrogens with zero attached hydrogens (tertiary/aromatic N) is 2. The number of imidazole rings is 1. The molecule has 2 atom stereocenters. The quantitative estimate of drug-likeness (QED) is 0.693. The van der Waals surface area contributed by atoms with Gasteiger partial charge in [0.15, 0.2) is 0 Å². The first-order chi connectivity index (χ1) is 14.1. The molecule has 2 N–H and O–H groups in total. The number of hydrogen-bond donors (Lipinski definition) is 2. The lowest BCUT2D eigenvalue weighted by Gasteiger charge is -2.28. The predicted molar refractivity (Wildman–Crippen MR) is 109 cm³/mol. The predicted octanol–water partition coefficient (Wildman–Crippen LogP) is 3.54. The summed E-state index contributed by atoms with van der Waals surface area (Å²) in [5, 5.41) is 2.38. The molecule has 2 amide bonds. The van der Waals surface area contributed by atoms with E-state index in [9.17, 15) is 9.59 Å². The van der Waals surface area contributed by atoms with Crippen LogP contribution < -0.4 is 5.32 Å². The van der Waals surface area contributed by atoms with Crippen LogP contribution in [0.3, 0.4) is 0 Å². The Bertz CT molecular complexity index is 968. The van der Waals surface area contributed by atoms with Gasteiger partial charge in [-0.1, -0.05) is 42.5 Å². The van der Waals surface area contributed by atoms with Gasteiger partial charge in [-0.05, 0) is 44.0 Å². The largest absolute Gasteiger partial charge is 0.444 e. The first-order valence-electron chi connectivity index (χ1n) is 9.84. The molecule has 0 radical (unpaired) electrons. The van der Waals surface area contributed by atoms with Crippen molar-refractivity contribution in [3.8, 4) is 0 Å². The van der Waals surface area contributed by atoms with Crippen LogP contribution in [0.15, 0.2) is 54.6 Å². The van der Waals surface area contributed by atoms with Gasteiger partial charge in [0.2, 0.25) is 5.91 Å². The zero-order valence-electron chi connectivity index (χ0n) is 16.3. The van der Waals surface area contributed by atoms with Crippen molar-refractivity contribution in [2.75, 3.05) is 6.54 Å². The van der Waals surface area contributed by atoms with E-state index in [0.717, 1.165) is 35.4 Å². The molecule has 2 heterocycles. The highest BCUT2D eigenvalue weighted by molar-refractivity contribution is 5.95. The summed E-state index contributed by atoms with van der Waals surface area (Å²) in [6.45, 7) is 2.93. The van der Waals surface area contributed by atoms with Crippen molar-refractivity contribution >= 4 is 23.0 Å². The number of rotatable bonds is 5. The average Bonchev–Trinajstić information content (AvgIpc) is 3.39. The number of hydrogen-bond acceptors (Lipinski definition) is 5. The SMILES string of the molecule is C[C@H](c1nc2ccccc2[nH]1)N1CCC[C@H]1C(=O)NC(=O)OCc1ccccc1. The van der Waals surface area contributed by atoms with Gasteiger partial charge in [-0.15, -0.1) is 0 Å². The van der Waals surface area contributed by atoms with Crippen LogP contribution in [0.25, 0.3) is 11.0 Å². The van der Waals surface area contributed by atoms with Crippen molar-refractivity contribution in [3.63, 3.8) is 0 Å². The third-order valence-corrected chi connectivity index (χ3v) is 5.34. The first-order valence-corrected chi connectivity index (χ1v) is 9.84. The van der Waals surface area contributed by atoms with Crippen LogP contribution in [0, 0.1) is 0 Å². The van der Waals surface area contributed by atoms with Gasteiger partial charge in [0, 0.05) is 0 Å². The number of alkyl carbamates (subject to hydrolysis) is 1. The minimum atomic E-state index is -0.720. The Morgan fingerprint density at radius 1 is 1.21 bits per heavy atom. The maximum absolute atomic E-state index is 12.7. The lowest BCUT2D eigenvalue weighted by atomic mass is 10.1. The minimum Gasteiger partial charge on any atom is -0.444 e. The van der Waals surface area contributed by atoms with Crippen molar-refractivity contribution in [1.29, 1.82) is 0 Å². The molecule has 0 unspecified atom stereocenters. The molecule has 29 heavy (non-hydrogen) atoms. The number of nitrogens with one attached hydrogen (secondary N) is 2. The standard InChI is InChI=1S/C22H24N4O3/c1-15(20-23-17-10-5-6-11-18(17)24-20)26-13-7-12-19(26)21(27)25-22(28)29-14-16-8-3-2-4-9-16/h2-6,8-11,15,19H,7,12-14H2,1H3,(H,23,24)(H,25,27,28)/t15-,19+/m1/s1. The molecular formula is C22H24N4O3. The zero-order chi connectivity index (χ0) is 20.2. The zero-order valence-corrected chi connectivity index (χ0v) is 16.3. The fraction of sp³-hybridized carbons (Fsp3) is 0.318. The molecule has 2 aromatic carbocycles. The number of fused-ring (bicyclic) bond motifs is 1. The molecule has 0 saturated carbocycles. The molecule has 7 nitrogen and oxygen atoms in total. The maximum Gasteiger partial charge on any atom is 0.414 e. The van der Waals surface area contributed by atoms with Crippen LogP contribution in [-0.2, 0) is 16.1 Å². The Kier molecular flexibility index (Phi) is 5.57. The number of aromatic amines is 1. The fourth-order valence-electron chi connectivity index (χ4n) is 3.80. The molecule has 0 aliphatic carbocycles. The van der Waals surface area contributed by atoms with Gasteiger partial charge in [0.05, 0.1) is 23.1 Å². The molecular weight excluding hydrogens is 368 g/mol. The summed E-state index contributed by atoms with van der Waals surface area (Å²) in [7, 11) is 0. The van der Waals surface area contributed by atoms with Crippen molar-refractivity contribution in [3.05, 3.63) is 66.0 Å². The Morgan fingerprint density at radius 3 is 2.76 bits per heavy atom. The van der Waals surface area contributed by atoms with Gasteiger partial charge in [0.1, 0.15) is 12.4 Å². The Morgan fingerprint density at radius 2 is 1.97 bits per heavy atom. The third-order valence-electron chi connectivity index (χ3n) is 5.34. The highest BCUT2D eigenvalue weighted by Crippen LogP contribution is 2.29. The highest BCUT2D eigenvalue weighted by atomic mass is 16.5. The van der Waals surface area contributed by atoms with Gasteiger partial charge in [-0.25, -0.2) is 9.78 Å². The fourth-order valence-corrected chi connectivity index (χ4v) is 3.80. The third kappa shape index (κ3) is 4.30. The Balaban J connectivity index is 1.38. The van der Waals surface area contributed by atoms with Gasteiger partial charge in [-0.3, -0.25) is 15.0 Å². The molecule has 0 bridgehead atoms. The van der Waals surface area contributed by atoms with E-state index in [0.29, 0.717) is 6.42 Å². The summed E-state index contributed by atoms with van der Waals surface area (Å²) in [5.74, 6) is 0.487. The van der Waals surface area contributed by atoms with Crippen LogP contribution in [0.4, 0.5) is 4.79 Å². The summed E-state index contributed by atoms with van der Waals surface area (Å²) in [5.41, 5.74) is 2.74. The number of carbonyl (C=O) groups excluding carboxylic acids is 2. The summed E-state index contributed by atoms with van der Waals surface area (Å²) >= 11 is 0. The summed E-state index contributed by atoms with van der Waals surface area (Å²) in [6, 6.07) is 16.8. The van der Waals surface area contributed by atoms with Crippen molar-refractivity contribution < 1.29 is 14.3 Å². The first kappa shape index (κ1) is 19.1. The van der Waals surface area contributed by atoms with E-state index in [1.54, 1.807) is 0 Å². The number of ether oxygens (including phenoxy) is 1. The molecule has 3 aromatic rings. The van der Waals surface area contributed by atoms with Crippen LogP contribution in [0.5, 0.6) is 0 Å². The number of imide groups is 1. The normalized spacial score (nSPS) is 17.9. The lowest BCUT2D eigenvalue weighted by molar-refractivity contribution is -0.125. The molecule has 1 aliphatic rings. The van der Waals surface area contributed by atoms with Gasteiger partial charge < -0.3 is 9.72 Å². The minimum absolute atomic E-state index is 0.0685. The van der Waals surface area contributed by atoms with Crippen LogP contribution in [-0.4, -0.2) is 39.5 Å². The number of likely N-dealkylation sites (tertiary alicyclic amines) is 1. The number of carbonyl (C=O) groups is 2. The average molecular weight is 392 g/mol. The van der Waals surface area contributed by atoms with E-state index < -0.39 is 6.09 Å². The van der Waals surface area contributed by atoms with Gasteiger partial charge >= 0.3 is 6.09 Å². The molecule has 4 rings (SSSR count). The number of aromatic nitrogens is 2. The Hall–Kier alpha value is -3.19. The van der Waals surface area contributed by atoms with E-state index in [4.69, 9.17) is 4.74 Å². The number of H-pyrrole nitrogens is 1. The molecule has 1 aliphatic heterocycles. The smallest absolute Gasteiger partial charge is 0.414 e. The molecule has 1 saturated heterocycles. The van der Waals surface area contributed by atoms with Crippen molar-refractivity contribution in [1.82, 2.24) is 20.2 Å². The Labute approximate surface area is 169 Å². The molecule has 1 fully saturated rings. The summed E-state index contributed by atoms with van der Waals surface area (Å²) in [6.07, 6.45) is 0.867. The van der Waals surface area contributed by atoms with Crippen LogP contribution in [0.2, 0.25) is 0 Å². The van der Waals surface area contributed by atoms with Crippen molar-refractivity contribution in [2.45, 2.75) is 38.5 Å². The van der Waals surface area contributed by atoms with Crippen molar-refractivity contribution in [2.24, 2.45) is 0 Å². The highest BCUT2D eigenvalue weighted by Gasteiger charge is 2.36. The number of para-hydroxylation sites is 2. The van der Waals surface area contributed by atoms with Crippen LogP contribution in [0.1, 0.15) is 37.2 Å². The molecule has 0 spiro atoms.